The number of hydrogen-bond donors (Lipinski definition) is 1. The van der Waals surface area contributed by atoms with Crippen molar-refractivity contribution in [1.29, 1.82) is 0 Å². The highest BCUT2D eigenvalue weighted by Crippen LogP contribution is 2.23. The molecule has 1 aromatic rings. The summed E-state index contributed by atoms with van der Waals surface area (Å²) >= 11 is 7.44. The SMILES string of the molecule is CCN(Cc1ccc(Cl)s1)C(=O)C(CN)CC(C)C. The normalized spacial score (nSPS) is 12.7. The molecule has 3 nitrogen and oxygen atoms in total. The Morgan fingerprint density at radius 2 is 2.16 bits per heavy atom. The van der Waals surface area contributed by atoms with Gasteiger partial charge >= 0.3 is 0 Å². The van der Waals surface area contributed by atoms with Crippen LogP contribution < -0.4 is 5.73 Å². The topological polar surface area (TPSA) is 46.3 Å². The van der Waals surface area contributed by atoms with Gasteiger partial charge in [0.1, 0.15) is 0 Å². The van der Waals surface area contributed by atoms with Crippen LogP contribution in [0.15, 0.2) is 12.1 Å². The van der Waals surface area contributed by atoms with Gasteiger partial charge in [0.15, 0.2) is 0 Å². The summed E-state index contributed by atoms with van der Waals surface area (Å²) in [6, 6.07) is 3.84. The Morgan fingerprint density at radius 3 is 2.58 bits per heavy atom. The van der Waals surface area contributed by atoms with E-state index in [1.165, 1.54) is 11.3 Å². The van der Waals surface area contributed by atoms with Gasteiger partial charge in [0.25, 0.3) is 0 Å². The molecule has 2 N–H and O–H groups in total. The molecule has 0 fully saturated rings. The van der Waals surface area contributed by atoms with E-state index in [-0.39, 0.29) is 11.8 Å². The Balaban J connectivity index is 2.69. The Hall–Kier alpha value is -0.580. The van der Waals surface area contributed by atoms with Crippen molar-refractivity contribution in [2.45, 2.75) is 33.7 Å². The molecule has 1 rings (SSSR count). The molecule has 0 radical (unpaired) electrons. The van der Waals surface area contributed by atoms with Gasteiger partial charge in [0.2, 0.25) is 5.91 Å². The predicted molar refractivity (Wildman–Crippen MR) is 82.4 cm³/mol. The van der Waals surface area contributed by atoms with Gasteiger partial charge in [-0.15, -0.1) is 11.3 Å². The third-order valence-corrected chi connectivity index (χ3v) is 4.27. The van der Waals surface area contributed by atoms with Gasteiger partial charge in [-0.25, -0.2) is 0 Å². The lowest BCUT2D eigenvalue weighted by atomic mass is 9.96. The van der Waals surface area contributed by atoms with E-state index in [9.17, 15) is 4.79 Å². The molecule has 0 aliphatic heterocycles. The van der Waals surface area contributed by atoms with Crippen LogP contribution in [-0.4, -0.2) is 23.9 Å². The zero-order valence-corrected chi connectivity index (χ0v) is 13.4. The van der Waals surface area contributed by atoms with E-state index in [0.29, 0.717) is 25.6 Å². The molecule has 1 unspecified atom stereocenters. The number of carbonyl (C=O) groups excluding carboxylic acids is 1. The monoisotopic (exact) mass is 302 g/mol. The quantitative estimate of drug-likeness (QED) is 0.839. The average Bonchev–Trinajstić information content (AvgIpc) is 2.77. The molecule has 1 heterocycles. The second-order valence-corrected chi connectivity index (χ2v) is 6.92. The molecule has 1 atom stereocenters. The first-order valence-electron chi connectivity index (χ1n) is 6.71. The van der Waals surface area contributed by atoms with E-state index in [1.54, 1.807) is 0 Å². The lowest BCUT2D eigenvalue weighted by molar-refractivity contribution is -0.136. The highest BCUT2D eigenvalue weighted by molar-refractivity contribution is 7.16. The second kappa shape index (κ2) is 7.88. The van der Waals surface area contributed by atoms with Crippen LogP contribution in [0, 0.1) is 11.8 Å². The minimum absolute atomic E-state index is 0.0737. The zero-order valence-electron chi connectivity index (χ0n) is 11.9. The van der Waals surface area contributed by atoms with Gasteiger partial charge in [0, 0.05) is 18.0 Å². The maximum atomic E-state index is 12.5. The zero-order chi connectivity index (χ0) is 14.4. The van der Waals surface area contributed by atoms with E-state index in [4.69, 9.17) is 17.3 Å². The summed E-state index contributed by atoms with van der Waals surface area (Å²) < 4.78 is 0.760. The lowest BCUT2D eigenvalue weighted by Crippen LogP contribution is -2.39. The summed E-state index contributed by atoms with van der Waals surface area (Å²) in [7, 11) is 0. The fourth-order valence-electron chi connectivity index (χ4n) is 2.10. The Labute approximate surface area is 124 Å². The van der Waals surface area contributed by atoms with Crippen molar-refractivity contribution in [1.82, 2.24) is 4.90 Å². The predicted octanol–water partition coefficient (Wildman–Crippen LogP) is 3.37. The van der Waals surface area contributed by atoms with E-state index >= 15 is 0 Å². The molecule has 1 aromatic heterocycles. The summed E-state index contributed by atoms with van der Waals surface area (Å²) in [4.78, 5) is 15.4. The van der Waals surface area contributed by atoms with Crippen LogP contribution in [0.2, 0.25) is 4.34 Å². The second-order valence-electron chi connectivity index (χ2n) is 5.12. The summed E-state index contributed by atoms with van der Waals surface area (Å²) in [6.45, 7) is 7.97. The number of rotatable bonds is 7. The number of thiophene rings is 1. The minimum Gasteiger partial charge on any atom is -0.338 e. The van der Waals surface area contributed by atoms with E-state index in [0.717, 1.165) is 15.6 Å². The van der Waals surface area contributed by atoms with Crippen molar-refractivity contribution in [2.24, 2.45) is 17.6 Å². The van der Waals surface area contributed by atoms with E-state index in [1.807, 2.05) is 24.0 Å². The first kappa shape index (κ1) is 16.5. The van der Waals surface area contributed by atoms with Crippen LogP contribution in [0.3, 0.4) is 0 Å². The van der Waals surface area contributed by atoms with Crippen molar-refractivity contribution >= 4 is 28.8 Å². The molecule has 0 aromatic carbocycles. The first-order chi connectivity index (χ1) is 8.97. The Kier molecular flexibility index (Phi) is 6.83. The van der Waals surface area contributed by atoms with Crippen molar-refractivity contribution < 1.29 is 4.79 Å². The molecule has 19 heavy (non-hydrogen) atoms. The molecule has 0 aliphatic rings. The van der Waals surface area contributed by atoms with Gasteiger partial charge in [-0.2, -0.15) is 0 Å². The number of hydrogen-bond acceptors (Lipinski definition) is 3. The Morgan fingerprint density at radius 1 is 1.47 bits per heavy atom. The average molecular weight is 303 g/mol. The van der Waals surface area contributed by atoms with Crippen molar-refractivity contribution in [3.8, 4) is 0 Å². The third kappa shape index (κ3) is 5.13. The minimum atomic E-state index is -0.0737. The number of nitrogens with zero attached hydrogens (tertiary/aromatic N) is 1. The molecule has 108 valence electrons. The van der Waals surface area contributed by atoms with Crippen molar-refractivity contribution in [2.75, 3.05) is 13.1 Å². The van der Waals surface area contributed by atoms with Gasteiger partial charge in [0.05, 0.1) is 16.8 Å². The maximum Gasteiger partial charge on any atom is 0.227 e. The lowest BCUT2D eigenvalue weighted by Gasteiger charge is -2.26. The standard InChI is InChI=1S/C14H23ClN2OS/c1-4-17(9-12-5-6-13(15)19-12)14(18)11(8-16)7-10(2)3/h5-6,10-11H,4,7-9,16H2,1-3H3. The number of amides is 1. The van der Waals surface area contributed by atoms with Crippen LogP contribution in [-0.2, 0) is 11.3 Å². The summed E-state index contributed by atoms with van der Waals surface area (Å²) in [6.07, 6.45) is 0.844. The fraction of sp³-hybridized carbons (Fsp3) is 0.643. The molecular formula is C14H23ClN2OS. The van der Waals surface area contributed by atoms with Crippen LogP contribution in [0.1, 0.15) is 32.1 Å². The van der Waals surface area contributed by atoms with Gasteiger partial charge in [-0.05, 0) is 31.4 Å². The van der Waals surface area contributed by atoms with Crippen LogP contribution in [0.25, 0.3) is 0 Å². The number of nitrogens with two attached hydrogens (primary N) is 1. The van der Waals surface area contributed by atoms with Gasteiger partial charge < -0.3 is 10.6 Å². The maximum absolute atomic E-state index is 12.5. The molecule has 0 saturated heterocycles. The molecule has 1 amide bonds. The third-order valence-electron chi connectivity index (χ3n) is 3.06. The van der Waals surface area contributed by atoms with Gasteiger partial charge in [-0.1, -0.05) is 25.4 Å². The molecule has 0 saturated carbocycles. The molecule has 0 spiro atoms. The van der Waals surface area contributed by atoms with Crippen LogP contribution in [0.4, 0.5) is 0 Å². The van der Waals surface area contributed by atoms with Crippen LogP contribution in [0.5, 0.6) is 0 Å². The largest absolute Gasteiger partial charge is 0.338 e. The van der Waals surface area contributed by atoms with Gasteiger partial charge in [-0.3, -0.25) is 4.79 Å². The van der Waals surface area contributed by atoms with Crippen LogP contribution >= 0.6 is 22.9 Å². The molecular weight excluding hydrogens is 280 g/mol. The smallest absolute Gasteiger partial charge is 0.227 e. The fourth-order valence-corrected chi connectivity index (χ4v) is 3.20. The summed E-state index contributed by atoms with van der Waals surface area (Å²) in [5.74, 6) is 0.561. The van der Waals surface area contributed by atoms with E-state index < -0.39 is 0 Å². The molecule has 0 aliphatic carbocycles. The highest BCUT2D eigenvalue weighted by Gasteiger charge is 2.23. The van der Waals surface area contributed by atoms with E-state index in [2.05, 4.69) is 13.8 Å². The summed E-state index contributed by atoms with van der Waals surface area (Å²) in [5.41, 5.74) is 5.75. The molecule has 5 heteroatoms. The highest BCUT2D eigenvalue weighted by atomic mass is 35.5. The first-order valence-corrected chi connectivity index (χ1v) is 7.90. The number of halogens is 1. The Bertz CT molecular complexity index is 406. The molecule has 0 bridgehead atoms. The number of carbonyl (C=O) groups is 1. The van der Waals surface area contributed by atoms with Crippen molar-refractivity contribution in [3.63, 3.8) is 0 Å². The summed E-state index contributed by atoms with van der Waals surface area (Å²) in [5, 5.41) is 0. The van der Waals surface area contributed by atoms with Crippen molar-refractivity contribution in [3.05, 3.63) is 21.3 Å².